The van der Waals surface area contributed by atoms with Gasteiger partial charge in [0.25, 0.3) is 0 Å². The predicted octanol–water partition coefficient (Wildman–Crippen LogP) is 4.51. The number of carbonyl (C=O) groups excluding carboxylic acids is 2. The molecule has 1 heterocycles. The van der Waals surface area contributed by atoms with E-state index in [4.69, 9.17) is 11.6 Å². The summed E-state index contributed by atoms with van der Waals surface area (Å²) in [6.07, 6.45) is -3.96. The van der Waals surface area contributed by atoms with E-state index in [1.54, 1.807) is 12.1 Å². The Hall–Kier alpha value is -2.74. The van der Waals surface area contributed by atoms with Gasteiger partial charge >= 0.3 is 12.1 Å². The molecule has 0 aliphatic carbocycles. The topological polar surface area (TPSA) is 61.4 Å². The highest BCUT2D eigenvalue weighted by molar-refractivity contribution is 6.33. The summed E-state index contributed by atoms with van der Waals surface area (Å²) < 4.78 is 38.6. The standard InChI is InChI=1S/C24H27ClF3N3O2/c1-15(2)30-21(32)13-16-3-5-17(6-4-16)14-29-22-19-10-12-31(23(33)24(26,27)28)11-9-18(19)7-8-20(22)25/h3-8,15,29H,9-14H2,1-2H3,(H,30,32). The zero-order valence-corrected chi connectivity index (χ0v) is 19.3. The van der Waals surface area contributed by atoms with E-state index in [-0.39, 0.29) is 31.5 Å². The van der Waals surface area contributed by atoms with Crippen LogP contribution in [0.15, 0.2) is 36.4 Å². The Morgan fingerprint density at radius 3 is 2.30 bits per heavy atom. The first kappa shape index (κ1) is 24.9. The third-order valence-corrected chi connectivity index (χ3v) is 5.79. The summed E-state index contributed by atoms with van der Waals surface area (Å²) in [7, 11) is 0. The first-order valence-corrected chi connectivity index (χ1v) is 11.2. The number of nitrogens with one attached hydrogen (secondary N) is 2. The van der Waals surface area contributed by atoms with Crippen molar-refractivity contribution in [2.75, 3.05) is 18.4 Å². The highest BCUT2D eigenvalue weighted by Gasteiger charge is 2.42. The van der Waals surface area contributed by atoms with Crippen LogP contribution in [0.3, 0.4) is 0 Å². The van der Waals surface area contributed by atoms with Gasteiger partial charge in [-0.3, -0.25) is 9.59 Å². The fourth-order valence-corrected chi connectivity index (χ4v) is 4.14. The quantitative estimate of drug-likeness (QED) is 0.638. The van der Waals surface area contributed by atoms with Crippen molar-refractivity contribution in [3.63, 3.8) is 0 Å². The van der Waals surface area contributed by atoms with Crippen molar-refractivity contribution in [3.8, 4) is 0 Å². The Balaban J connectivity index is 1.67. The minimum Gasteiger partial charge on any atom is -0.380 e. The average molecular weight is 482 g/mol. The van der Waals surface area contributed by atoms with Crippen LogP contribution < -0.4 is 10.6 Å². The summed E-state index contributed by atoms with van der Waals surface area (Å²) in [5, 5.41) is 6.65. The van der Waals surface area contributed by atoms with Crippen molar-refractivity contribution < 1.29 is 22.8 Å². The van der Waals surface area contributed by atoms with E-state index in [9.17, 15) is 22.8 Å². The van der Waals surface area contributed by atoms with E-state index in [0.29, 0.717) is 30.1 Å². The maximum atomic E-state index is 12.9. The maximum Gasteiger partial charge on any atom is 0.471 e. The monoisotopic (exact) mass is 481 g/mol. The molecule has 0 spiro atoms. The number of nitrogens with zero attached hydrogens (tertiary/aromatic N) is 1. The Morgan fingerprint density at radius 1 is 1.03 bits per heavy atom. The van der Waals surface area contributed by atoms with Gasteiger partial charge in [-0.2, -0.15) is 13.2 Å². The molecule has 2 amide bonds. The molecule has 0 unspecified atom stereocenters. The summed E-state index contributed by atoms with van der Waals surface area (Å²) >= 11 is 6.41. The fourth-order valence-electron chi connectivity index (χ4n) is 3.89. The van der Waals surface area contributed by atoms with Gasteiger partial charge in [0.1, 0.15) is 0 Å². The first-order chi connectivity index (χ1) is 15.5. The molecule has 178 valence electrons. The number of fused-ring (bicyclic) bond motifs is 1. The van der Waals surface area contributed by atoms with Crippen LogP contribution in [-0.2, 0) is 35.4 Å². The molecule has 0 aromatic heterocycles. The summed E-state index contributed by atoms with van der Waals surface area (Å²) in [6, 6.07) is 11.2. The Bertz CT molecular complexity index is 1010. The lowest BCUT2D eigenvalue weighted by molar-refractivity contribution is -0.185. The number of benzene rings is 2. The molecule has 0 saturated heterocycles. The third-order valence-electron chi connectivity index (χ3n) is 5.48. The molecule has 3 rings (SSSR count). The molecule has 0 fully saturated rings. The molecule has 1 aliphatic rings. The first-order valence-electron chi connectivity index (χ1n) is 10.8. The second-order valence-corrected chi connectivity index (χ2v) is 8.83. The molecule has 5 nitrogen and oxygen atoms in total. The number of anilines is 1. The summed E-state index contributed by atoms with van der Waals surface area (Å²) in [5.41, 5.74) is 4.26. The molecular formula is C24H27ClF3N3O2. The Morgan fingerprint density at radius 2 is 1.67 bits per heavy atom. The lowest BCUT2D eigenvalue weighted by Crippen LogP contribution is -2.42. The van der Waals surface area contributed by atoms with E-state index in [1.165, 1.54) is 0 Å². The largest absolute Gasteiger partial charge is 0.471 e. The van der Waals surface area contributed by atoms with Gasteiger partial charge < -0.3 is 15.5 Å². The summed E-state index contributed by atoms with van der Waals surface area (Å²) in [4.78, 5) is 24.4. The van der Waals surface area contributed by atoms with Gasteiger partial charge in [-0.05, 0) is 55.0 Å². The average Bonchev–Trinajstić information content (AvgIpc) is 2.95. The van der Waals surface area contributed by atoms with Crippen LogP contribution in [0.25, 0.3) is 0 Å². The lowest BCUT2D eigenvalue weighted by Gasteiger charge is -2.21. The zero-order valence-electron chi connectivity index (χ0n) is 18.6. The van der Waals surface area contributed by atoms with E-state index >= 15 is 0 Å². The third kappa shape index (κ3) is 6.63. The lowest BCUT2D eigenvalue weighted by atomic mass is 10.0. The van der Waals surface area contributed by atoms with Crippen molar-refractivity contribution in [1.82, 2.24) is 10.2 Å². The summed E-state index contributed by atoms with van der Waals surface area (Å²) in [6.45, 7) is 4.27. The summed E-state index contributed by atoms with van der Waals surface area (Å²) in [5.74, 6) is -1.84. The van der Waals surface area contributed by atoms with Crippen LogP contribution in [0, 0.1) is 0 Å². The molecule has 33 heavy (non-hydrogen) atoms. The van der Waals surface area contributed by atoms with Gasteiger partial charge in [-0.15, -0.1) is 0 Å². The molecule has 0 atom stereocenters. The Labute approximate surface area is 196 Å². The molecule has 2 N–H and O–H groups in total. The number of hydrogen-bond acceptors (Lipinski definition) is 3. The molecule has 0 radical (unpaired) electrons. The normalized spacial score (nSPS) is 14.0. The van der Waals surface area contributed by atoms with Crippen LogP contribution in [0.5, 0.6) is 0 Å². The molecule has 0 saturated carbocycles. The van der Waals surface area contributed by atoms with Crippen LogP contribution in [0.1, 0.15) is 36.1 Å². The molecule has 2 aromatic carbocycles. The minimum absolute atomic E-state index is 0.0122. The molecule has 2 aromatic rings. The van der Waals surface area contributed by atoms with E-state index in [1.807, 2.05) is 38.1 Å². The predicted molar refractivity (Wildman–Crippen MR) is 122 cm³/mol. The Kier molecular flexibility index (Phi) is 7.89. The van der Waals surface area contributed by atoms with Gasteiger partial charge in [0.15, 0.2) is 0 Å². The second-order valence-electron chi connectivity index (χ2n) is 8.42. The van der Waals surface area contributed by atoms with Gasteiger partial charge in [-0.1, -0.05) is 41.9 Å². The SMILES string of the molecule is CC(C)NC(=O)Cc1ccc(CNc2c(Cl)ccc3c2CCN(C(=O)C(F)(F)F)CC3)cc1. The van der Waals surface area contributed by atoms with Gasteiger partial charge in [0.05, 0.1) is 17.1 Å². The molecule has 0 bridgehead atoms. The van der Waals surface area contributed by atoms with Crippen LogP contribution in [-0.4, -0.2) is 42.0 Å². The number of halogens is 4. The highest BCUT2D eigenvalue weighted by atomic mass is 35.5. The molecule has 1 aliphatic heterocycles. The van der Waals surface area contributed by atoms with Crippen LogP contribution >= 0.6 is 11.6 Å². The van der Waals surface area contributed by atoms with Gasteiger partial charge in [0, 0.05) is 25.7 Å². The maximum absolute atomic E-state index is 12.9. The fraction of sp³-hybridized carbons (Fsp3) is 0.417. The van der Waals surface area contributed by atoms with Crippen molar-refractivity contribution in [2.45, 2.75) is 51.9 Å². The zero-order chi connectivity index (χ0) is 24.2. The van der Waals surface area contributed by atoms with Crippen molar-refractivity contribution >= 4 is 29.1 Å². The number of hydrogen-bond donors (Lipinski definition) is 2. The number of amides is 2. The van der Waals surface area contributed by atoms with E-state index < -0.39 is 12.1 Å². The van der Waals surface area contributed by atoms with Gasteiger partial charge in [-0.25, -0.2) is 0 Å². The smallest absolute Gasteiger partial charge is 0.380 e. The molecular weight excluding hydrogens is 455 g/mol. The van der Waals surface area contributed by atoms with E-state index in [2.05, 4.69) is 10.6 Å². The van der Waals surface area contributed by atoms with Crippen molar-refractivity contribution in [3.05, 3.63) is 63.7 Å². The second kappa shape index (κ2) is 10.5. The van der Waals surface area contributed by atoms with Gasteiger partial charge in [0.2, 0.25) is 5.91 Å². The van der Waals surface area contributed by atoms with E-state index in [0.717, 1.165) is 27.2 Å². The van der Waals surface area contributed by atoms with Crippen molar-refractivity contribution in [1.29, 1.82) is 0 Å². The minimum atomic E-state index is -4.88. The number of rotatable bonds is 6. The number of carbonyl (C=O) groups is 2. The molecule has 9 heteroatoms. The van der Waals surface area contributed by atoms with Crippen LogP contribution in [0.2, 0.25) is 5.02 Å². The number of alkyl halides is 3. The highest BCUT2D eigenvalue weighted by Crippen LogP contribution is 2.32. The van der Waals surface area contributed by atoms with Crippen molar-refractivity contribution in [2.24, 2.45) is 0 Å². The van der Waals surface area contributed by atoms with Crippen LogP contribution in [0.4, 0.5) is 18.9 Å².